The summed E-state index contributed by atoms with van der Waals surface area (Å²) in [6.07, 6.45) is 4.37. The molecular formula is C17H20N4OS. The Kier molecular flexibility index (Phi) is 5.35. The van der Waals surface area contributed by atoms with Crippen LogP contribution in [0.5, 0.6) is 0 Å². The summed E-state index contributed by atoms with van der Waals surface area (Å²) < 4.78 is 2.20. The van der Waals surface area contributed by atoms with Crippen LogP contribution in [0.25, 0.3) is 6.08 Å². The van der Waals surface area contributed by atoms with Gasteiger partial charge >= 0.3 is 0 Å². The lowest BCUT2D eigenvalue weighted by Crippen LogP contribution is -2.13. The Balaban J connectivity index is 2.26. The number of aromatic nitrogens is 2. The number of carbonyl (C=O) groups is 1. The van der Waals surface area contributed by atoms with Gasteiger partial charge in [-0.3, -0.25) is 10.1 Å². The number of nitriles is 1. The number of nitrogens with zero attached hydrogens (tertiary/aromatic N) is 3. The molecule has 2 heterocycles. The molecule has 23 heavy (non-hydrogen) atoms. The largest absolute Gasteiger partial charge is 0.349 e. The first-order valence-corrected chi connectivity index (χ1v) is 8.30. The summed E-state index contributed by atoms with van der Waals surface area (Å²) >= 11 is 1.38. The standard InChI is InChI=1S/C17H20N4OS/c1-5-6-21-11(2)7-14(13(21)4)8-15(9-18)16(22)20-17-19-10-12(3)23-17/h7-8,10H,5-6H2,1-4H3,(H,19,20,22)/b15-8+. The van der Waals surface area contributed by atoms with Crippen molar-refractivity contribution in [3.8, 4) is 6.07 Å². The van der Waals surface area contributed by atoms with E-state index in [2.05, 4.69) is 21.8 Å². The Bertz CT molecular complexity index is 792. The minimum absolute atomic E-state index is 0.0783. The van der Waals surface area contributed by atoms with Crippen molar-refractivity contribution >= 4 is 28.5 Å². The maximum absolute atomic E-state index is 12.2. The zero-order chi connectivity index (χ0) is 17.0. The molecule has 0 bridgehead atoms. The van der Waals surface area contributed by atoms with Crippen LogP contribution in [0.1, 0.15) is 35.2 Å². The van der Waals surface area contributed by atoms with Crippen molar-refractivity contribution in [2.45, 2.75) is 40.7 Å². The molecule has 1 N–H and O–H groups in total. The van der Waals surface area contributed by atoms with Crippen molar-refractivity contribution < 1.29 is 4.79 Å². The predicted molar refractivity (Wildman–Crippen MR) is 93.3 cm³/mol. The van der Waals surface area contributed by atoms with E-state index in [1.807, 2.05) is 32.9 Å². The molecule has 2 aromatic heterocycles. The lowest BCUT2D eigenvalue weighted by atomic mass is 10.1. The van der Waals surface area contributed by atoms with Gasteiger partial charge in [0, 0.05) is 29.0 Å². The number of nitrogens with one attached hydrogen (secondary N) is 1. The van der Waals surface area contributed by atoms with Crippen LogP contribution < -0.4 is 5.32 Å². The van der Waals surface area contributed by atoms with Crippen LogP contribution in [0.4, 0.5) is 5.13 Å². The summed E-state index contributed by atoms with van der Waals surface area (Å²) in [6.45, 7) is 9.00. The molecule has 5 nitrogen and oxygen atoms in total. The zero-order valence-corrected chi connectivity index (χ0v) is 14.6. The molecule has 0 aliphatic heterocycles. The fourth-order valence-corrected chi connectivity index (χ4v) is 3.08. The average molecular weight is 328 g/mol. The van der Waals surface area contributed by atoms with E-state index < -0.39 is 5.91 Å². The Morgan fingerprint density at radius 2 is 2.22 bits per heavy atom. The van der Waals surface area contributed by atoms with Gasteiger partial charge in [0.1, 0.15) is 11.6 Å². The first-order chi connectivity index (χ1) is 11.0. The first kappa shape index (κ1) is 17.0. The van der Waals surface area contributed by atoms with Gasteiger partial charge in [0.05, 0.1) is 0 Å². The fraction of sp³-hybridized carbons (Fsp3) is 0.353. The van der Waals surface area contributed by atoms with Crippen molar-refractivity contribution in [1.82, 2.24) is 9.55 Å². The second kappa shape index (κ2) is 7.25. The summed E-state index contributed by atoms with van der Waals surface area (Å²) in [5.74, 6) is -0.429. The highest BCUT2D eigenvalue weighted by atomic mass is 32.1. The van der Waals surface area contributed by atoms with Gasteiger partial charge in [0.15, 0.2) is 5.13 Å². The van der Waals surface area contributed by atoms with Crippen LogP contribution in [0.3, 0.4) is 0 Å². The minimum Gasteiger partial charge on any atom is -0.349 e. The molecule has 2 aromatic rings. The average Bonchev–Trinajstić information content (AvgIpc) is 3.03. The van der Waals surface area contributed by atoms with Crippen LogP contribution in [0.2, 0.25) is 0 Å². The van der Waals surface area contributed by atoms with E-state index in [9.17, 15) is 10.1 Å². The lowest BCUT2D eigenvalue weighted by Gasteiger charge is -2.07. The number of rotatable bonds is 5. The Morgan fingerprint density at radius 1 is 1.48 bits per heavy atom. The van der Waals surface area contributed by atoms with Crippen LogP contribution >= 0.6 is 11.3 Å². The summed E-state index contributed by atoms with van der Waals surface area (Å²) in [4.78, 5) is 17.3. The van der Waals surface area contributed by atoms with Crippen LogP contribution in [-0.4, -0.2) is 15.5 Å². The van der Waals surface area contributed by atoms with E-state index in [-0.39, 0.29) is 5.57 Å². The maximum Gasteiger partial charge on any atom is 0.268 e. The topological polar surface area (TPSA) is 70.7 Å². The molecule has 0 fully saturated rings. The molecule has 0 spiro atoms. The van der Waals surface area contributed by atoms with E-state index in [0.717, 1.165) is 34.8 Å². The van der Waals surface area contributed by atoms with Crippen LogP contribution in [0, 0.1) is 32.1 Å². The Hall–Kier alpha value is -2.39. The summed E-state index contributed by atoms with van der Waals surface area (Å²) in [6, 6.07) is 3.99. The summed E-state index contributed by atoms with van der Waals surface area (Å²) in [5.41, 5.74) is 3.17. The quantitative estimate of drug-likeness (QED) is 0.670. The molecule has 2 rings (SSSR count). The van der Waals surface area contributed by atoms with Crippen LogP contribution in [-0.2, 0) is 11.3 Å². The van der Waals surface area contributed by atoms with E-state index in [1.165, 1.54) is 11.3 Å². The van der Waals surface area contributed by atoms with E-state index in [0.29, 0.717) is 5.13 Å². The SMILES string of the molecule is CCCn1c(C)cc(/C=C(\C#N)C(=O)Nc2ncc(C)s2)c1C. The third-order valence-corrected chi connectivity index (χ3v) is 4.39. The van der Waals surface area contributed by atoms with Gasteiger partial charge in [-0.15, -0.1) is 11.3 Å². The maximum atomic E-state index is 12.2. The van der Waals surface area contributed by atoms with Crippen molar-refractivity contribution in [3.05, 3.63) is 39.7 Å². The third-order valence-electron chi connectivity index (χ3n) is 3.57. The Labute approximate surface area is 140 Å². The monoisotopic (exact) mass is 328 g/mol. The van der Waals surface area contributed by atoms with Gasteiger partial charge in [-0.05, 0) is 44.9 Å². The highest BCUT2D eigenvalue weighted by Crippen LogP contribution is 2.20. The van der Waals surface area contributed by atoms with Crippen molar-refractivity contribution in [3.63, 3.8) is 0 Å². The number of thiazole rings is 1. The first-order valence-electron chi connectivity index (χ1n) is 7.48. The van der Waals surface area contributed by atoms with Gasteiger partial charge in [0.25, 0.3) is 5.91 Å². The molecule has 0 aliphatic rings. The molecule has 1 amide bonds. The van der Waals surface area contributed by atoms with Gasteiger partial charge in [0.2, 0.25) is 0 Å². The second-order valence-corrected chi connectivity index (χ2v) is 6.61. The smallest absolute Gasteiger partial charge is 0.268 e. The molecule has 0 unspecified atom stereocenters. The number of hydrogen-bond acceptors (Lipinski definition) is 4. The molecule has 0 aromatic carbocycles. The normalized spacial score (nSPS) is 11.3. The molecule has 0 atom stereocenters. The molecule has 0 aliphatic carbocycles. The molecule has 6 heteroatoms. The van der Waals surface area contributed by atoms with Crippen molar-refractivity contribution in [2.24, 2.45) is 0 Å². The minimum atomic E-state index is -0.429. The van der Waals surface area contributed by atoms with Crippen molar-refractivity contribution in [2.75, 3.05) is 5.32 Å². The third kappa shape index (κ3) is 3.88. The van der Waals surface area contributed by atoms with Gasteiger partial charge in [-0.2, -0.15) is 5.26 Å². The van der Waals surface area contributed by atoms with Crippen molar-refractivity contribution in [1.29, 1.82) is 5.26 Å². The van der Waals surface area contributed by atoms with E-state index in [1.54, 1.807) is 12.3 Å². The number of aryl methyl sites for hydroxylation is 2. The lowest BCUT2D eigenvalue weighted by molar-refractivity contribution is -0.112. The number of amides is 1. The highest BCUT2D eigenvalue weighted by molar-refractivity contribution is 7.15. The van der Waals surface area contributed by atoms with E-state index >= 15 is 0 Å². The predicted octanol–water partition coefficient (Wildman–Crippen LogP) is 3.83. The number of hydrogen-bond donors (Lipinski definition) is 1. The number of carbonyl (C=O) groups excluding carboxylic acids is 1. The zero-order valence-electron chi connectivity index (χ0n) is 13.8. The molecular weight excluding hydrogens is 308 g/mol. The van der Waals surface area contributed by atoms with E-state index in [4.69, 9.17) is 0 Å². The molecule has 0 radical (unpaired) electrons. The van der Waals surface area contributed by atoms with Gasteiger partial charge in [-0.25, -0.2) is 4.98 Å². The Morgan fingerprint density at radius 3 is 2.78 bits per heavy atom. The van der Waals surface area contributed by atoms with Gasteiger partial charge in [-0.1, -0.05) is 6.92 Å². The molecule has 0 saturated heterocycles. The summed E-state index contributed by atoms with van der Waals surface area (Å²) in [5, 5.41) is 12.5. The second-order valence-electron chi connectivity index (χ2n) is 5.38. The highest BCUT2D eigenvalue weighted by Gasteiger charge is 2.14. The number of anilines is 1. The molecule has 0 saturated carbocycles. The molecule has 120 valence electrons. The summed E-state index contributed by atoms with van der Waals surface area (Å²) in [7, 11) is 0. The van der Waals surface area contributed by atoms with Crippen LogP contribution in [0.15, 0.2) is 17.8 Å². The van der Waals surface area contributed by atoms with Gasteiger partial charge < -0.3 is 4.57 Å². The fourth-order valence-electron chi connectivity index (χ4n) is 2.42.